The number of hydrogen-bond donors (Lipinski definition) is 0. The molecule has 2 bridgehead atoms. The fourth-order valence-corrected chi connectivity index (χ4v) is 4.44. The predicted molar refractivity (Wildman–Crippen MR) is 63.8 cm³/mol. The first-order chi connectivity index (χ1) is 11.9. The van der Waals surface area contributed by atoms with Crippen LogP contribution in [0.4, 0.5) is 48.3 Å². The lowest BCUT2D eigenvalue weighted by molar-refractivity contribution is -0.472. The first kappa shape index (κ1) is 20.2. The molecule has 0 aromatic carbocycles. The molecule has 0 spiro atoms. The van der Waals surface area contributed by atoms with E-state index in [2.05, 4.69) is 11.3 Å². The molecule has 27 heavy (non-hydrogen) atoms. The third-order valence-electron chi connectivity index (χ3n) is 5.68. The minimum absolute atomic E-state index is 1.17. The maximum absolute atomic E-state index is 15.1. The minimum Gasteiger partial charge on any atom is -0.457 e. The van der Waals surface area contributed by atoms with Crippen molar-refractivity contribution in [3.8, 4) is 0 Å². The largest absolute Gasteiger partial charge is 0.457 e. The molecule has 0 aliphatic heterocycles. The van der Waals surface area contributed by atoms with Crippen LogP contribution in [0, 0.1) is 11.8 Å². The normalized spacial score (nSPS) is 45.2. The molecule has 5 atom stereocenters. The van der Waals surface area contributed by atoms with Gasteiger partial charge in [-0.25, -0.2) is 13.6 Å². The molecule has 0 radical (unpaired) electrons. The van der Waals surface area contributed by atoms with Crippen molar-refractivity contribution in [1.29, 1.82) is 0 Å². The second-order valence-electron chi connectivity index (χ2n) is 6.84. The molecule has 3 rings (SSSR count). The number of hydrogen-bond acceptors (Lipinski definition) is 2. The standard InChI is InChI=1S/C14H9F11O2/c1-4(15)8(26)27-7-3-5-2-6(7)10(17)9(5,16)11(18,19)13(22,23)14(24,25)12(10,20)21/h5-7H,1-3H2. The molecule has 3 fully saturated rings. The molecule has 3 aliphatic carbocycles. The van der Waals surface area contributed by atoms with E-state index in [1.165, 1.54) is 0 Å². The number of fused-ring (bicyclic) bond motifs is 5. The Morgan fingerprint density at radius 1 is 0.778 bits per heavy atom. The Hall–Kier alpha value is -1.56. The summed E-state index contributed by atoms with van der Waals surface area (Å²) < 4.78 is 157. The molecular formula is C14H9F11O2. The van der Waals surface area contributed by atoms with Gasteiger partial charge in [0.05, 0.1) is 0 Å². The van der Waals surface area contributed by atoms with E-state index < -0.39 is 77.6 Å². The molecule has 154 valence electrons. The second kappa shape index (κ2) is 4.88. The van der Waals surface area contributed by atoms with Crippen LogP contribution in [-0.4, -0.2) is 47.1 Å². The van der Waals surface area contributed by atoms with Crippen molar-refractivity contribution in [2.24, 2.45) is 11.8 Å². The zero-order valence-corrected chi connectivity index (χ0v) is 12.8. The van der Waals surface area contributed by atoms with Crippen molar-refractivity contribution in [3.05, 3.63) is 12.4 Å². The van der Waals surface area contributed by atoms with Gasteiger partial charge in [0.25, 0.3) is 0 Å². The zero-order valence-electron chi connectivity index (χ0n) is 12.8. The van der Waals surface area contributed by atoms with Crippen LogP contribution in [0.3, 0.4) is 0 Å². The molecule has 0 amide bonds. The van der Waals surface area contributed by atoms with Crippen LogP contribution in [0.1, 0.15) is 12.8 Å². The number of rotatable bonds is 2. The smallest absolute Gasteiger partial charge is 0.381 e. The van der Waals surface area contributed by atoms with Crippen molar-refractivity contribution < 1.29 is 57.8 Å². The van der Waals surface area contributed by atoms with Crippen molar-refractivity contribution >= 4 is 5.97 Å². The van der Waals surface area contributed by atoms with E-state index in [4.69, 9.17) is 0 Å². The molecule has 5 unspecified atom stereocenters. The lowest BCUT2D eigenvalue weighted by Crippen LogP contribution is -2.86. The number of carbonyl (C=O) groups is 1. The van der Waals surface area contributed by atoms with Gasteiger partial charge in [0, 0.05) is 11.8 Å². The molecule has 0 aromatic rings. The second-order valence-corrected chi connectivity index (χ2v) is 6.84. The van der Waals surface area contributed by atoms with Gasteiger partial charge in [0.15, 0.2) is 0 Å². The van der Waals surface area contributed by atoms with E-state index in [0.29, 0.717) is 0 Å². The topological polar surface area (TPSA) is 26.3 Å². The van der Waals surface area contributed by atoms with Crippen molar-refractivity contribution in [2.45, 2.75) is 54.0 Å². The van der Waals surface area contributed by atoms with Gasteiger partial charge in [0.1, 0.15) is 6.10 Å². The van der Waals surface area contributed by atoms with E-state index in [-0.39, 0.29) is 0 Å². The third kappa shape index (κ3) is 1.73. The Morgan fingerprint density at radius 2 is 1.22 bits per heavy atom. The van der Waals surface area contributed by atoms with Crippen LogP contribution in [0.25, 0.3) is 0 Å². The van der Waals surface area contributed by atoms with E-state index in [1.54, 1.807) is 0 Å². The molecule has 0 aromatic heterocycles. The summed E-state index contributed by atoms with van der Waals surface area (Å²) in [6.07, 6.45) is -4.70. The summed E-state index contributed by atoms with van der Waals surface area (Å²) in [4.78, 5) is 11.1. The van der Waals surface area contributed by atoms with Crippen LogP contribution in [0.5, 0.6) is 0 Å². The SMILES string of the molecule is C=C(F)C(=O)OC1CC2CC1C1(F)C(F)(F)C(F)(F)C(F)(F)C(F)(F)C21F. The van der Waals surface area contributed by atoms with E-state index in [9.17, 15) is 48.7 Å². The summed E-state index contributed by atoms with van der Waals surface area (Å²) in [6, 6.07) is 0. The number of carbonyl (C=O) groups excluding carboxylic acids is 1. The Bertz CT molecular complexity index is 720. The van der Waals surface area contributed by atoms with E-state index in [1.807, 2.05) is 0 Å². The van der Waals surface area contributed by atoms with Crippen molar-refractivity contribution in [1.82, 2.24) is 0 Å². The molecule has 3 aliphatic rings. The van der Waals surface area contributed by atoms with Crippen molar-refractivity contribution in [2.75, 3.05) is 0 Å². The molecule has 2 nitrogen and oxygen atoms in total. The lowest BCUT2D eigenvalue weighted by Gasteiger charge is -2.58. The van der Waals surface area contributed by atoms with Gasteiger partial charge < -0.3 is 4.74 Å². The molecule has 0 saturated heterocycles. The van der Waals surface area contributed by atoms with Crippen LogP contribution >= 0.6 is 0 Å². The highest BCUT2D eigenvalue weighted by molar-refractivity contribution is 5.85. The Labute approximate surface area is 143 Å². The summed E-state index contributed by atoms with van der Waals surface area (Å²) in [5.74, 6) is -36.2. The number of alkyl halides is 10. The molecule has 3 saturated carbocycles. The van der Waals surface area contributed by atoms with Crippen molar-refractivity contribution in [3.63, 3.8) is 0 Å². The van der Waals surface area contributed by atoms with Gasteiger partial charge in [-0.2, -0.15) is 39.5 Å². The van der Waals surface area contributed by atoms with Gasteiger partial charge in [-0.05, 0) is 12.8 Å². The average Bonchev–Trinajstić information content (AvgIpc) is 3.04. The third-order valence-corrected chi connectivity index (χ3v) is 5.68. The first-order valence-corrected chi connectivity index (χ1v) is 7.37. The minimum atomic E-state index is -6.96. The highest BCUT2D eigenvalue weighted by Crippen LogP contribution is 2.78. The van der Waals surface area contributed by atoms with Crippen LogP contribution in [0.2, 0.25) is 0 Å². The maximum atomic E-state index is 15.1. The summed E-state index contributed by atoms with van der Waals surface area (Å²) in [5, 5.41) is 0. The van der Waals surface area contributed by atoms with Gasteiger partial charge in [-0.15, -0.1) is 0 Å². The van der Waals surface area contributed by atoms with E-state index >= 15 is 4.39 Å². The fourth-order valence-electron chi connectivity index (χ4n) is 4.44. The first-order valence-electron chi connectivity index (χ1n) is 7.37. The highest BCUT2D eigenvalue weighted by Gasteiger charge is 3.04. The Balaban J connectivity index is 2.18. The summed E-state index contributed by atoms with van der Waals surface area (Å²) in [5.41, 5.74) is -10.9. The summed E-state index contributed by atoms with van der Waals surface area (Å²) in [7, 11) is 0. The predicted octanol–water partition coefficient (Wildman–Crippen LogP) is 4.39. The van der Waals surface area contributed by atoms with Crippen LogP contribution in [-0.2, 0) is 9.53 Å². The van der Waals surface area contributed by atoms with Crippen LogP contribution < -0.4 is 0 Å². The summed E-state index contributed by atoms with van der Waals surface area (Å²) in [6.45, 7) is 2.47. The Kier molecular flexibility index (Phi) is 3.65. The Morgan fingerprint density at radius 3 is 1.67 bits per heavy atom. The molecule has 0 heterocycles. The average molecular weight is 418 g/mol. The fraction of sp³-hybridized carbons (Fsp3) is 0.786. The quantitative estimate of drug-likeness (QED) is 0.378. The molecule has 0 N–H and O–H groups in total. The zero-order chi connectivity index (χ0) is 21.0. The maximum Gasteiger partial charge on any atom is 0.381 e. The number of esters is 1. The monoisotopic (exact) mass is 418 g/mol. The molecule has 13 heteroatoms. The molecular weight excluding hydrogens is 409 g/mol. The lowest BCUT2D eigenvalue weighted by atomic mass is 9.59. The van der Waals surface area contributed by atoms with Gasteiger partial charge >= 0.3 is 29.7 Å². The number of ether oxygens (including phenoxy) is 1. The van der Waals surface area contributed by atoms with Gasteiger partial charge in [-0.1, -0.05) is 6.58 Å². The summed E-state index contributed by atoms with van der Waals surface area (Å²) >= 11 is 0. The van der Waals surface area contributed by atoms with Gasteiger partial charge in [-0.3, -0.25) is 0 Å². The van der Waals surface area contributed by atoms with Crippen LogP contribution in [0.15, 0.2) is 12.4 Å². The van der Waals surface area contributed by atoms with Gasteiger partial charge in [0.2, 0.25) is 17.2 Å². The van der Waals surface area contributed by atoms with E-state index in [0.717, 1.165) is 0 Å². The number of halogens is 11. The highest BCUT2D eigenvalue weighted by atomic mass is 19.4.